The summed E-state index contributed by atoms with van der Waals surface area (Å²) in [6.07, 6.45) is 6.70. The van der Waals surface area contributed by atoms with Crippen molar-refractivity contribution in [1.29, 1.82) is 0 Å². The second kappa shape index (κ2) is 6.71. The lowest BCUT2D eigenvalue weighted by Gasteiger charge is -2.21. The van der Waals surface area contributed by atoms with Crippen LogP contribution in [0.5, 0.6) is 0 Å². The van der Waals surface area contributed by atoms with Crippen molar-refractivity contribution in [3.8, 4) is 11.3 Å². The van der Waals surface area contributed by atoms with Crippen molar-refractivity contribution in [3.05, 3.63) is 54.6 Å². The van der Waals surface area contributed by atoms with Gasteiger partial charge >= 0.3 is 0 Å². The minimum absolute atomic E-state index is 0.698. The first-order valence-corrected chi connectivity index (χ1v) is 9.27. The molecule has 1 aliphatic rings. The Bertz CT molecular complexity index is 795. The molecular formula is C20H20N2S. The Morgan fingerprint density at radius 1 is 0.739 bits per heavy atom. The highest BCUT2D eigenvalue weighted by atomic mass is 32.2. The number of thioether (sulfide) groups is 1. The van der Waals surface area contributed by atoms with E-state index in [1.807, 2.05) is 17.8 Å². The van der Waals surface area contributed by atoms with Crippen molar-refractivity contribution in [2.75, 3.05) is 0 Å². The molecule has 2 aromatic carbocycles. The van der Waals surface area contributed by atoms with Crippen molar-refractivity contribution < 1.29 is 0 Å². The minimum Gasteiger partial charge on any atom is -0.149 e. The summed E-state index contributed by atoms with van der Waals surface area (Å²) in [6, 6.07) is 18.9. The summed E-state index contributed by atoms with van der Waals surface area (Å²) in [5, 5.41) is 13.4. The van der Waals surface area contributed by atoms with Gasteiger partial charge in [-0.15, -0.1) is 22.0 Å². The van der Waals surface area contributed by atoms with Crippen molar-refractivity contribution in [2.24, 2.45) is 0 Å². The molecular weight excluding hydrogens is 300 g/mol. The van der Waals surface area contributed by atoms with Crippen LogP contribution in [0.25, 0.3) is 22.0 Å². The molecule has 3 heteroatoms. The average molecular weight is 320 g/mol. The van der Waals surface area contributed by atoms with Crippen molar-refractivity contribution >= 4 is 22.5 Å². The van der Waals surface area contributed by atoms with Crippen LogP contribution in [0.1, 0.15) is 32.1 Å². The number of nitrogens with zero attached hydrogens (tertiary/aromatic N) is 2. The summed E-state index contributed by atoms with van der Waals surface area (Å²) >= 11 is 1.92. The maximum Gasteiger partial charge on any atom is 0.127 e. The predicted molar refractivity (Wildman–Crippen MR) is 97.7 cm³/mol. The van der Waals surface area contributed by atoms with E-state index in [4.69, 9.17) is 0 Å². The van der Waals surface area contributed by atoms with E-state index in [0.717, 1.165) is 16.3 Å². The van der Waals surface area contributed by atoms with Gasteiger partial charge in [-0.3, -0.25) is 0 Å². The van der Waals surface area contributed by atoms with E-state index >= 15 is 0 Å². The van der Waals surface area contributed by atoms with E-state index in [1.165, 1.54) is 42.9 Å². The lowest BCUT2D eigenvalue weighted by atomic mass is 10.0. The summed E-state index contributed by atoms with van der Waals surface area (Å²) in [7, 11) is 0. The van der Waals surface area contributed by atoms with Gasteiger partial charge in [-0.2, -0.15) is 0 Å². The van der Waals surface area contributed by atoms with Gasteiger partial charge < -0.3 is 0 Å². The van der Waals surface area contributed by atoms with E-state index in [2.05, 4.69) is 58.7 Å². The Hall–Kier alpha value is -1.87. The molecule has 0 aliphatic heterocycles. The number of hydrogen-bond donors (Lipinski definition) is 0. The maximum absolute atomic E-state index is 4.59. The lowest BCUT2D eigenvalue weighted by molar-refractivity contribution is 0.515. The Morgan fingerprint density at radius 2 is 1.43 bits per heavy atom. The van der Waals surface area contributed by atoms with Crippen molar-refractivity contribution in [3.63, 3.8) is 0 Å². The quantitative estimate of drug-likeness (QED) is 0.617. The Morgan fingerprint density at radius 3 is 2.22 bits per heavy atom. The molecule has 116 valence electrons. The van der Waals surface area contributed by atoms with Crippen LogP contribution in [0.15, 0.2) is 59.6 Å². The van der Waals surface area contributed by atoms with Crippen LogP contribution in [-0.4, -0.2) is 15.4 Å². The molecule has 0 unspecified atom stereocenters. The summed E-state index contributed by atoms with van der Waals surface area (Å²) in [4.78, 5) is 0. The average Bonchev–Trinajstić information content (AvgIpc) is 2.64. The fourth-order valence-electron chi connectivity index (χ4n) is 3.32. The molecule has 0 radical (unpaired) electrons. The molecule has 0 amide bonds. The molecule has 23 heavy (non-hydrogen) atoms. The molecule has 0 N–H and O–H groups in total. The molecule has 1 aromatic heterocycles. The molecule has 0 spiro atoms. The molecule has 0 atom stereocenters. The monoisotopic (exact) mass is 320 g/mol. The highest BCUT2D eigenvalue weighted by Gasteiger charge is 2.18. The zero-order valence-corrected chi connectivity index (χ0v) is 13.9. The van der Waals surface area contributed by atoms with Crippen LogP contribution < -0.4 is 0 Å². The van der Waals surface area contributed by atoms with E-state index in [1.54, 1.807) is 0 Å². The fourth-order valence-corrected chi connectivity index (χ4v) is 4.59. The largest absolute Gasteiger partial charge is 0.149 e. The Labute approximate surface area is 141 Å². The third kappa shape index (κ3) is 3.11. The zero-order chi connectivity index (χ0) is 15.5. The van der Waals surface area contributed by atoms with Crippen LogP contribution in [0.3, 0.4) is 0 Å². The number of rotatable bonds is 3. The Kier molecular flexibility index (Phi) is 4.29. The topological polar surface area (TPSA) is 25.8 Å². The van der Waals surface area contributed by atoms with Crippen LogP contribution in [-0.2, 0) is 0 Å². The van der Waals surface area contributed by atoms with Gasteiger partial charge in [-0.05, 0) is 12.8 Å². The van der Waals surface area contributed by atoms with Crippen LogP contribution in [0.2, 0.25) is 0 Å². The fraction of sp³-hybridized carbons (Fsp3) is 0.300. The summed E-state index contributed by atoms with van der Waals surface area (Å²) in [5.41, 5.74) is 2.11. The molecule has 1 fully saturated rings. The van der Waals surface area contributed by atoms with Gasteiger partial charge in [0.05, 0.1) is 0 Å². The number of aromatic nitrogens is 2. The molecule has 2 nitrogen and oxygen atoms in total. The second-order valence-electron chi connectivity index (χ2n) is 6.14. The van der Waals surface area contributed by atoms with Gasteiger partial charge in [0.1, 0.15) is 10.7 Å². The number of hydrogen-bond acceptors (Lipinski definition) is 3. The number of benzene rings is 2. The van der Waals surface area contributed by atoms with Crippen LogP contribution in [0.4, 0.5) is 0 Å². The number of fused-ring (bicyclic) bond motifs is 1. The van der Waals surface area contributed by atoms with Gasteiger partial charge in [0.25, 0.3) is 0 Å². The van der Waals surface area contributed by atoms with Gasteiger partial charge in [0.2, 0.25) is 0 Å². The van der Waals surface area contributed by atoms with Gasteiger partial charge in [-0.25, -0.2) is 0 Å². The highest BCUT2D eigenvalue weighted by molar-refractivity contribution is 8.00. The first kappa shape index (κ1) is 14.7. The third-order valence-electron chi connectivity index (χ3n) is 4.53. The van der Waals surface area contributed by atoms with E-state index in [9.17, 15) is 0 Å². The molecule has 1 aliphatic carbocycles. The molecule has 1 saturated carbocycles. The third-order valence-corrected chi connectivity index (χ3v) is 5.86. The first-order chi connectivity index (χ1) is 11.4. The zero-order valence-electron chi connectivity index (χ0n) is 13.1. The lowest BCUT2D eigenvalue weighted by Crippen LogP contribution is -2.08. The standard InChI is InChI=1S/C20H20N2S/c1-3-9-15(10-4-1)19-17-13-7-8-14-18(17)20(22-21-19)23-16-11-5-2-6-12-16/h1,3-4,7-10,13-14,16H,2,5-6,11-12H2. The molecule has 4 rings (SSSR count). The molecule has 1 heterocycles. The van der Waals surface area contributed by atoms with E-state index < -0.39 is 0 Å². The van der Waals surface area contributed by atoms with Crippen LogP contribution >= 0.6 is 11.8 Å². The molecule has 0 bridgehead atoms. The van der Waals surface area contributed by atoms with Gasteiger partial charge in [-0.1, -0.05) is 73.9 Å². The highest BCUT2D eigenvalue weighted by Crippen LogP contribution is 2.37. The molecule has 0 saturated heterocycles. The van der Waals surface area contributed by atoms with Gasteiger partial charge in [0.15, 0.2) is 0 Å². The second-order valence-corrected chi connectivity index (χ2v) is 7.43. The SMILES string of the molecule is c1ccc(-c2nnc(SC3CCCCC3)c3ccccc23)cc1. The van der Waals surface area contributed by atoms with Gasteiger partial charge in [0, 0.05) is 21.6 Å². The van der Waals surface area contributed by atoms with E-state index in [0.29, 0.717) is 5.25 Å². The van der Waals surface area contributed by atoms with E-state index in [-0.39, 0.29) is 0 Å². The van der Waals surface area contributed by atoms with Crippen LogP contribution in [0, 0.1) is 0 Å². The predicted octanol–water partition coefficient (Wildman–Crippen LogP) is 5.72. The summed E-state index contributed by atoms with van der Waals surface area (Å²) in [5.74, 6) is 0. The first-order valence-electron chi connectivity index (χ1n) is 8.39. The minimum atomic E-state index is 0.698. The normalized spacial score (nSPS) is 15.8. The van der Waals surface area contributed by atoms with Crippen molar-refractivity contribution in [1.82, 2.24) is 10.2 Å². The van der Waals surface area contributed by atoms with Crippen molar-refractivity contribution in [2.45, 2.75) is 42.4 Å². The Balaban J connectivity index is 1.76. The molecule has 3 aromatic rings. The maximum atomic E-state index is 4.59. The summed E-state index contributed by atoms with van der Waals surface area (Å²) < 4.78 is 0. The smallest absolute Gasteiger partial charge is 0.127 e. The summed E-state index contributed by atoms with van der Waals surface area (Å²) in [6.45, 7) is 0.